The van der Waals surface area contributed by atoms with E-state index in [0.29, 0.717) is 5.11 Å². The van der Waals surface area contributed by atoms with Gasteiger partial charge >= 0.3 is 0 Å². The van der Waals surface area contributed by atoms with Gasteiger partial charge in [0.25, 0.3) is 0 Å². The standard InChI is InChI=1S/C14H23N3S/c1-4-12-6-8-13(9-7-12)16-14(18)15-10-5-11-17(2)3/h6-9H,4-5,10-11H2,1-3H3,(H2,15,16,18). The molecule has 0 radical (unpaired) electrons. The van der Waals surface area contributed by atoms with Crippen LogP contribution in [0.4, 0.5) is 5.69 Å². The van der Waals surface area contributed by atoms with Crippen LogP contribution in [0.2, 0.25) is 0 Å². The second kappa shape index (κ2) is 8.06. The van der Waals surface area contributed by atoms with Crippen LogP contribution < -0.4 is 10.6 Å². The Hall–Kier alpha value is -1.13. The summed E-state index contributed by atoms with van der Waals surface area (Å²) in [5, 5.41) is 7.09. The van der Waals surface area contributed by atoms with Gasteiger partial charge in [-0.25, -0.2) is 0 Å². The molecule has 0 saturated heterocycles. The third-order valence-electron chi connectivity index (χ3n) is 2.69. The summed E-state index contributed by atoms with van der Waals surface area (Å²) in [4.78, 5) is 2.17. The lowest BCUT2D eigenvalue weighted by Crippen LogP contribution is -2.30. The van der Waals surface area contributed by atoms with Crippen molar-refractivity contribution < 1.29 is 0 Å². The molecule has 0 aliphatic rings. The molecule has 0 fully saturated rings. The average molecular weight is 265 g/mol. The van der Waals surface area contributed by atoms with Crippen molar-refractivity contribution in [3.63, 3.8) is 0 Å². The van der Waals surface area contributed by atoms with Gasteiger partial charge in [0.15, 0.2) is 5.11 Å². The Kier molecular flexibility index (Phi) is 6.68. The predicted molar refractivity (Wildman–Crippen MR) is 83.2 cm³/mol. The van der Waals surface area contributed by atoms with Crippen LogP contribution in [0.5, 0.6) is 0 Å². The third-order valence-corrected chi connectivity index (χ3v) is 2.93. The average Bonchev–Trinajstić information content (AvgIpc) is 2.35. The molecule has 0 atom stereocenters. The molecule has 0 aromatic heterocycles. The minimum Gasteiger partial charge on any atom is -0.362 e. The predicted octanol–water partition coefficient (Wildman–Crippen LogP) is 2.49. The van der Waals surface area contributed by atoms with Crippen LogP contribution in [-0.2, 0) is 6.42 Å². The van der Waals surface area contributed by atoms with Crippen molar-refractivity contribution in [3.8, 4) is 0 Å². The lowest BCUT2D eigenvalue weighted by Gasteiger charge is -2.12. The number of rotatable bonds is 6. The van der Waals surface area contributed by atoms with Crippen molar-refractivity contribution in [3.05, 3.63) is 29.8 Å². The molecule has 0 heterocycles. The van der Waals surface area contributed by atoms with E-state index in [2.05, 4.69) is 60.8 Å². The first kappa shape index (κ1) is 14.9. The number of nitrogens with one attached hydrogen (secondary N) is 2. The van der Waals surface area contributed by atoms with Crippen molar-refractivity contribution in [2.75, 3.05) is 32.5 Å². The highest BCUT2D eigenvalue weighted by atomic mass is 32.1. The summed E-state index contributed by atoms with van der Waals surface area (Å²) in [6.45, 7) is 4.12. The van der Waals surface area contributed by atoms with Crippen LogP contribution >= 0.6 is 12.2 Å². The molecule has 100 valence electrons. The molecule has 0 aliphatic heterocycles. The van der Waals surface area contributed by atoms with Gasteiger partial charge in [0.05, 0.1) is 0 Å². The van der Waals surface area contributed by atoms with Gasteiger partial charge in [0.1, 0.15) is 0 Å². The first-order chi connectivity index (χ1) is 8.61. The van der Waals surface area contributed by atoms with Crippen molar-refractivity contribution in [2.45, 2.75) is 19.8 Å². The van der Waals surface area contributed by atoms with Crippen molar-refractivity contribution in [2.24, 2.45) is 0 Å². The van der Waals surface area contributed by atoms with Crippen molar-refractivity contribution >= 4 is 23.0 Å². The third kappa shape index (κ3) is 5.98. The molecule has 3 nitrogen and oxygen atoms in total. The van der Waals surface area contributed by atoms with Gasteiger partial charge in [-0.1, -0.05) is 19.1 Å². The lowest BCUT2D eigenvalue weighted by molar-refractivity contribution is 0.400. The minimum absolute atomic E-state index is 0.693. The minimum atomic E-state index is 0.693. The van der Waals surface area contributed by atoms with Crippen LogP contribution in [0.25, 0.3) is 0 Å². The fraction of sp³-hybridized carbons (Fsp3) is 0.500. The number of benzene rings is 1. The molecular weight excluding hydrogens is 242 g/mol. The Morgan fingerprint density at radius 2 is 1.89 bits per heavy atom. The van der Waals surface area contributed by atoms with Crippen molar-refractivity contribution in [1.82, 2.24) is 10.2 Å². The number of thiocarbonyl (C=S) groups is 1. The fourth-order valence-corrected chi connectivity index (χ4v) is 1.82. The van der Waals surface area contributed by atoms with Crippen LogP contribution in [0.1, 0.15) is 18.9 Å². The summed E-state index contributed by atoms with van der Waals surface area (Å²) < 4.78 is 0. The highest BCUT2D eigenvalue weighted by Crippen LogP contribution is 2.09. The first-order valence-corrected chi connectivity index (χ1v) is 6.81. The van der Waals surface area contributed by atoms with Gasteiger partial charge < -0.3 is 15.5 Å². The largest absolute Gasteiger partial charge is 0.362 e. The monoisotopic (exact) mass is 265 g/mol. The molecule has 0 aliphatic carbocycles. The Balaban J connectivity index is 2.26. The Morgan fingerprint density at radius 3 is 2.44 bits per heavy atom. The summed E-state index contributed by atoms with van der Waals surface area (Å²) in [7, 11) is 4.15. The summed E-state index contributed by atoms with van der Waals surface area (Å²) in [5.41, 5.74) is 2.38. The van der Waals surface area contributed by atoms with Gasteiger partial charge in [-0.2, -0.15) is 0 Å². The summed E-state index contributed by atoms with van der Waals surface area (Å²) >= 11 is 5.24. The van der Waals surface area contributed by atoms with E-state index >= 15 is 0 Å². The second-order valence-corrected chi connectivity index (χ2v) is 5.00. The summed E-state index contributed by atoms with van der Waals surface area (Å²) in [6.07, 6.45) is 2.15. The zero-order valence-electron chi connectivity index (χ0n) is 11.5. The number of aryl methyl sites for hydroxylation is 1. The molecule has 0 spiro atoms. The molecule has 2 N–H and O–H groups in total. The normalized spacial score (nSPS) is 10.4. The number of hydrogen-bond acceptors (Lipinski definition) is 2. The summed E-state index contributed by atoms with van der Waals surface area (Å²) in [6, 6.07) is 8.37. The van der Waals surface area contributed by atoms with Crippen LogP contribution in [0, 0.1) is 0 Å². The highest BCUT2D eigenvalue weighted by molar-refractivity contribution is 7.80. The molecule has 0 saturated carbocycles. The van der Waals surface area contributed by atoms with E-state index in [1.54, 1.807) is 0 Å². The number of anilines is 1. The molecule has 4 heteroatoms. The highest BCUT2D eigenvalue weighted by Gasteiger charge is 1.97. The SMILES string of the molecule is CCc1ccc(NC(=S)NCCCN(C)C)cc1. The van der Waals surface area contributed by atoms with Gasteiger partial charge in [-0.3, -0.25) is 0 Å². The number of nitrogens with zero attached hydrogens (tertiary/aromatic N) is 1. The molecule has 1 rings (SSSR count). The van der Waals surface area contributed by atoms with E-state index in [4.69, 9.17) is 12.2 Å². The molecule has 18 heavy (non-hydrogen) atoms. The topological polar surface area (TPSA) is 27.3 Å². The van der Waals surface area contributed by atoms with Gasteiger partial charge in [-0.05, 0) is 63.4 Å². The molecular formula is C14H23N3S. The molecule has 1 aromatic carbocycles. The quantitative estimate of drug-likeness (QED) is 0.610. The van der Waals surface area contributed by atoms with Crippen LogP contribution in [0.3, 0.4) is 0 Å². The zero-order chi connectivity index (χ0) is 13.4. The zero-order valence-corrected chi connectivity index (χ0v) is 12.3. The molecule has 0 unspecified atom stereocenters. The van der Waals surface area contributed by atoms with Gasteiger partial charge in [-0.15, -0.1) is 0 Å². The van der Waals surface area contributed by atoms with Crippen LogP contribution in [-0.4, -0.2) is 37.2 Å². The van der Waals surface area contributed by atoms with E-state index < -0.39 is 0 Å². The smallest absolute Gasteiger partial charge is 0.170 e. The van der Waals surface area contributed by atoms with Gasteiger partial charge in [0.2, 0.25) is 0 Å². The lowest BCUT2D eigenvalue weighted by atomic mass is 10.1. The van der Waals surface area contributed by atoms with E-state index in [1.165, 1.54) is 5.56 Å². The maximum atomic E-state index is 5.24. The number of hydrogen-bond donors (Lipinski definition) is 2. The van der Waals surface area contributed by atoms with E-state index in [9.17, 15) is 0 Å². The maximum absolute atomic E-state index is 5.24. The first-order valence-electron chi connectivity index (χ1n) is 6.40. The Morgan fingerprint density at radius 1 is 1.22 bits per heavy atom. The van der Waals surface area contributed by atoms with Crippen LogP contribution in [0.15, 0.2) is 24.3 Å². The maximum Gasteiger partial charge on any atom is 0.170 e. The Labute approximate surface area is 116 Å². The van der Waals surface area contributed by atoms with E-state index in [1.807, 2.05) is 0 Å². The second-order valence-electron chi connectivity index (χ2n) is 4.59. The fourth-order valence-electron chi connectivity index (χ4n) is 1.60. The van der Waals surface area contributed by atoms with E-state index in [0.717, 1.165) is 31.6 Å². The Bertz CT molecular complexity index is 360. The van der Waals surface area contributed by atoms with E-state index in [-0.39, 0.29) is 0 Å². The van der Waals surface area contributed by atoms with Gasteiger partial charge in [0, 0.05) is 12.2 Å². The molecule has 0 amide bonds. The summed E-state index contributed by atoms with van der Waals surface area (Å²) in [5.74, 6) is 0. The molecule has 1 aromatic rings. The van der Waals surface area contributed by atoms with Crippen molar-refractivity contribution in [1.29, 1.82) is 0 Å². The molecule has 0 bridgehead atoms.